The number of likely N-dealkylation sites (tertiary alicyclic amines) is 1. The first-order valence-corrected chi connectivity index (χ1v) is 5.97. The third-order valence-corrected chi connectivity index (χ3v) is 3.42. The van der Waals surface area contributed by atoms with Gasteiger partial charge in [-0.1, -0.05) is 30.3 Å². The van der Waals surface area contributed by atoms with Crippen LogP contribution in [-0.2, 0) is 6.54 Å². The highest BCUT2D eigenvalue weighted by atomic mass is 15.2. The average Bonchev–Trinajstić information content (AvgIpc) is 2.33. The second kappa shape index (κ2) is 5.14. The highest BCUT2D eigenvalue weighted by molar-refractivity contribution is 5.14. The Morgan fingerprint density at radius 3 is 2.75 bits per heavy atom. The van der Waals surface area contributed by atoms with Gasteiger partial charge in [0.2, 0.25) is 0 Å². The van der Waals surface area contributed by atoms with Crippen LogP contribution in [-0.4, -0.2) is 17.5 Å². The number of nitrogens with zero attached hydrogens (tertiary/aromatic N) is 2. The maximum absolute atomic E-state index is 8.92. The second-order valence-corrected chi connectivity index (χ2v) is 4.66. The minimum atomic E-state index is 0.266. The smallest absolute Gasteiger partial charge is 0.0656 e. The second-order valence-electron chi connectivity index (χ2n) is 4.66. The molecule has 1 heterocycles. The topological polar surface area (TPSA) is 27.0 Å². The van der Waals surface area contributed by atoms with E-state index in [2.05, 4.69) is 48.2 Å². The molecule has 84 valence electrons. The van der Waals surface area contributed by atoms with Gasteiger partial charge in [-0.05, 0) is 25.3 Å². The molecule has 2 heteroatoms. The third kappa shape index (κ3) is 2.62. The van der Waals surface area contributed by atoms with E-state index in [0.717, 1.165) is 25.9 Å². The lowest BCUT2D eigenvalue weighted by atomic mass is 9.92. The minimum Gasteiger partial charge on any atom is -0.296 e. The molecule has 0 aliphatic carbocycles. The molecule has 2 rings (SSSR count). The highest BCUT2D eigenvalue weighted by Crippen LogP contribution is 2.23. The van der Waals surface area contributed by atoms with Crippen molar-refractivity contribution in [2.75, 3.05) is 6.54 Å². The first-order chi connectivity index (χ1) is 7.79. The standard InChI is InChI=1S/C14H18N2/c1-12-9-14(10-15)7-8-16(12)11-13-5-3-2-4-6-13/h2-6,12,14H,7-9,11H2,1H3/t12-,14-/m1/s1. The normalized spacial score (nSPS) is 26.2. The van der Waals surface area contributed by atoms with Crippen molar-refractivity contribution in [3.8, 4) is 6.07 Å². The molecule has 0 bridgehead atoms. The first kappa shape index (κ1) is 11.2. The van der Waals surface area contributed by atoms with Crippen LogP contribution in [0.3, 0.4) is 0 Å². The van der Waals surface area contributed by atoms with Gasteiger partial charge in [0, 0.05) is 25.0 Å². The van der Waals surface area contributed by atoms with E-state index in [9.17, 15) is 0 Å². The highest BCUT2D eigenvalue weighted by Gasteiger charge is 2.24. The van der Waals surface area contributed by atoms with E-state index in [1.807, 2.05) is 0 Å². The Kier molecular flexibility index (Phi) is 3.58. The maximum Gasteiger partial charge on any atom is 0.0656 e. The fourth-order valence-electron chi connectivity index (χ4n) is 2.39. The fraction of sp³-hybridized carbons (Fsp3) is 0.500. The zero-order valence-corrected chi connectivity index (χ0v) is 9.76. The van der Waals surface area contributed by atoms with Crippen molar-refractivity contribution < 1.29 is 0 Å². The quantitative estimate of drug-likeness (QED) is 0.757. The number of hydrogen-bond acceptors (Lipinski definition) is 2. The molecule has 0 spiro atoms. The van der Waals surface area contributed by atoms with Crippen molar-refractivity contribution in [3.63, 3.8) is 0 Å². The van der Waals surface area contributed by atoms with Gasteiger partial charge >= 0.3 is 0 Å². The predicted molar refractivity (Wildman–Crippen MR) is 64.7 cm³/mol. The summed E-state index contributed by atoms with van der Waals surface area (Å²) in [6.45, 7) is 4.29. The molecule has 1 aliphatic rings. The monoisotopic (exact) mass is 214 g/mol. The molecular weight excluding hydrogens is 196 g/mol. The van der Waals surface area contributed by atoms with Crippen LogP contribution < -0.4 is 0 Å². The molecular formula is C14H18N2. The molecule has 16 heavy (non-hydrogen) atoms. The lowest BCUT2D eigenvalue weighted by Crippen LogP contribution is -2.39. The Labute approximate surface area is 97.5 Å². The summed E-state index contributed by atoms with van der Waals surface area (Å²) in [5.74, 6) is 0.266. The number of rotatable bonds is 2. The van der Waals surface area contributed by atoms with E-state index in [-0.39, 0.29) is 5.92 Å². The molecule has 2 atom stereocenters. The van der Waals surface area contributed by atoms with Gasteiger partial charge in [0.25, 0.3) is 0 Å². The van der Waals surface area contributed by atoms with Gasteiger partial charge in [0.05, 0.1) is 6.07 Å². The molecule has 0 saturated carbocycles. The molecule has 1 aromatic rings. The first-order valence-electron chi connectivity index (χ1n) is 5.97. The average molecular weight is 214 g/mol. The summed E-state index contributed by atoms with van der Waals surface area (Å²) < 4.78 is 0. The van der Waals surface area contributed by atoms with E-state index in [0.29, 0.717) is 6.04 Å². The van der Waals surface area contributed by atoms with Gasteiger partial charge in [-0.2, -0.15) is 5.26 Å². The molecule has 1 aromatic carbocycles. The zero-order chi connectivity index (χ0) is 11.4. The van der Waals surface area contributed by atoms with Crippen molar-refractivity contribution in [2.24, 2.45) is 5.92 Å². The summed E-state index contributed by atoms with van der Waals surface area (Å²) in [6.07, 6.45) is 2.04. The van der Waals surface area contributed by atoms with E-state index in [1.165, 1.54) is 5.56 Å². The predicted octanol–water partition coefficient (Wildman–Crippen LogP) is 2.81. The summed E-state index contributed by atoms with van der Waals surface area (Å²) in [5, 5.41) is 8.92. The molecule has 1 fully saturated rings. The van der Waals surface area contributed by atoms with Crippen molar-refractivity contribution in [2.45, 2.75) is 32.4 Å². The molecule has 0 aromatic heterocycles. The largest absolute Gasteiger partial charge is 0.296 e. The Morgan fingerprint density at radius 2 is 2.12 bits per heavy atom. The number of piperidine rings is 1. The molecule has 1 aliphatic heterocycles. The third-order valence-electron chi connectivity index (χ3n) is 3.42. The van der Waals surface area contributed by atoms with E-state index >= 15 is 0 Å². The van der Waals surface area contributed by atoms with Gasteiger partial charge in [-0.3, -0.25) is 4.90 Å². The molecule has 0 radical (unpaired) electrons. The Bertz CT molecular complexity index is 366. The van der Waals surface area contributed by atoms with Crippen LogP contribution in [0.2, 0.25) is 0 Å². The Hall–Kier alpha value is -1.33. The summed E-state index contributed by atoms with van der Waals surface area (Å²) in [6, 6.07) is 13.5. The fourth-order valence-corrected chi connectivity index (χ4v) is 2.39. The minimum absolute atomic E-state index is 0.266. The maximum atomic E-state index is 8.92. The van der Waals surface area contributed by atoms with Crippen molar-refractivity contribution in [1.29, 1.82) is 5.26 Å². The van der Waals surface area contributed by atoms with Gasteiger partial charge in [0.15, 0.2) is 0 Å². The molecule has 0 amide bonds. The Balaban J connectivity index is 1.95. The molecule has 0 N–H and O–H groups in total. The Morgan fingerprint density at radius 1 is 1.38 bits per heavy atom. The van der Waals surface area contributed by atoms with Crippen LogP contribution in [0.5, 0.6) is 0 Å². The zero-order valence-electron chi connectivity index (χ0n) is 9.76. The van der Waals surface area contributed by atoms with E-state index in [4.69, 9.17) is 5.26 Å². The lowest BCUT2D eigenvalue weighted by Gasteiger charge is -2.35. The van der Waals surface area contributed by atoms with Gasteiger partial charge < -0.3 is 0 Å². The number of benzene rings is 1. The molecule has 0 unspecified atom stereocenters. The van der Waals surface area contributed by atoms with E-state index in [1.54, 1.807) is 0 Å². The molecule has 1 saturated heterocycles. The van der Waals surface area contributed by atoms with Crippen LogP contribution in [0, 0.1) is 17.2 Å². The van der Waals surface area contributed by atoms with Crippen LogP contribution in [0.15, 0.2) is 30.3 Å². The van der Waals surface area contributed by atoms with Gasteiger partial charge in [-0.25, -0.2) is 0 Å². The van der Waals surface area contributed by atoms with Crippen LogP contribution in [0.25, 0.3) is 0 Å². The number of hydrogen-bond donors (Lipinski definition) is 0. The number of nitriles is 1. The SMILES string of the molecule is C[C@@H]1C[C@H](C#N)CCN1Cc1ccccc1. The van der Waals surface area contributed by atoms with Crippen LogP contribution in [0.4, 0.5) is 0 Å². The van der Waals surface area contributed by atoms with Crippen LogP contribution >= 0.6 is 0 Å². The van der Waals surface area contributed by atoms with E-state index < -0.39 is 0 Å². The van der Waals surface area contributed by atoms with Gasteiger partial charge in [-0.15, -0.1) is 0 Å². The molecule has 2 nitrogen and oxygen atoms in total. The van der Waals surface area contributed by atoms with Gasteiger partial charge in [0.1, 0.15) is 0 Å². The van der Waals surface area contributed by atoms with Crippen molar-refractivity contribution >= 4 is 0 Å². The summed E-state index contributed by atoms with van der Waals surface area (Å²) in [4.78, 5) is 2.48. The van der Waals surface area contributed by atoms with Crippen molar-refractivity contribution in [3.05, 3.63) is 35.9 Å². The van der Waals surface area contributed by atoms with Crippen molar-refractivity contribution in [1.82, 2.24) is 4.90 Å². The summed E-state index contributed by atoms with van der Waals surface area (Å²) >= 11 is 0. The van der Waals surface area contributed by atoms with Crippen LogP contribution in [0.1, 0.15) is 25.3 Å². The lowest BCUT2D eigenvalue weighted by molar-refractivity contribution is 0.133. The summed E-state index contributed by atoms with van der Waals surface area (Å²) in [7, 11) is 0. The summed E-state index contributed by atoms with van der Waals surface area (Å²) in [5.41, 5.74) is 1.37.